The number of aryl methyl sites for hydroxylation is 1. The molecule has 0 fully saturated rings. The summed E-state index contributed by atoms with van der Waals surface area (Å²) in [4.78, 5) is 7.23. The van der Waals surface area contributed by atoms with Crippen molar-refractivity contribution in [3.05, 3.63) is 34.4 Å². The maximum Gasteiger partial charge on any atom is 0.433 e. The molecule has 2 aromatic heterocycles. The first-order valence-corrected chi connectivity index (χ1v) is 6.41. The number of fused-ring (bicyclic) bond motifs is 1. The zero-order valence-electron chi connectivity index (χ0n) is 10.2. The highest BCUT2D eigenvalue weighted by Gasteiger charge is 2.35. The van der Waals surface area contributed by atoms with Gasteiger partial charge in [-0.3, -0.25) is 4.68 Å². The van der Waals surface area contributed by atoms with Crippen molar-refractivity contribution in [1.29, 1.82) is 0 Å². The molecular weight excluding hydrogens is 337 g/mol. The molecule has 0 unspecified atom stereocenters. The smallest absolute Gasteiger partial charge is 0.337 e. The van der Waals surface area contributed by atoms with Crippen LogP contribution in [0, 0.1) is 0 Å². The lowest BCUT2D eigenvalue weighted by molar-refractivity contribution is -0.143. The Hall–Kier alpha value is -1.83. The van der Waals surface area contributed by atoms with E-state index in [2.05, 4.69) is 31.0 Å². The van der Waals surface area contributed by atoms with E-state index in [0.717, 1.165) is 20.7 Å². The van der Waals surface area contributed by atoms with Crippen molar-refractivity contribution in [3.63, 3.8) is 0 Å². The number of imidazole rings is 1. The van der Waals surface area contributed by atoms with Gasteiger partial charge in [0.2, 0.25) is 0 Å². The molecule has 0 spiro atoms. The standard InChI is InChI=1S/C12H8BrF3N4/c1-20-9(12(14,15)16)5-8(19-20)11-17-7-4-2-3-6(13)10(7)18-11/h2-5H,1H3,(H,17,18). The van der Waals surface area contributed by atoms with Crippen LogP contribution in [0.4, 0.5) is 13.2 Å². The molecule has 0 aliphatic carbocycles. The van der Waals surface area contributed by atoms with Gasteiger partial charge < -0.3 is 4.98 Å². The number of benzene rings is 1. The summed E-state index contributed by atoms with van der Waals surface area (Å²) < 4.78 is 39.8. The number of hydrogen-bond acceptors (Lipinski definition) is 2. The Morgan fingerprint density at radius 2 is 2.05 bits per heavy atom. The van der Waals surface area contributed by atoms with Crippen molar-refractivity contribution in [2.75, 3.05) is 0 Å². The zero-order chi connectivity index (χ0) is 14.5. The van der Waals surface area contributed by atoms with Gasteiger partial charge in [0, 0.05) is 11.5 Å². The van der Waals surface area contributed by atoms with E-state index in [1.807, 2.05) is 12.1 Å². The van der Waals surface area contributed by atoms with Crippen LogP contribution < -0.4 is 0 Å². The molecule has 2 heterocycles. The number of aromatic nitrogens is 4. The van der Waals surface area contributed by atoms with Gasteiger partial charge >= 0.3 is 6.18 Å². The molecule has 0 bridgehead atoms. The molecule has 4 nitrogen and oxygen atoms in total. The Kier molecular flexibility index (Phi) is 2.86. The van der Waals surface area contributed by atoms with Crippen LogP contribution in [0.15, 0.2) is 28.7 Å². The highest BCUT2D eigenvalue weighted by Crippen LogP contribution is 2.32. The normalized spacial score (nSPS) is 12.2. The second-order valence-corrected chi connectivity index (χ2v) is 5.11. The summed E-state index contributed by atoms with van der Waals surface area (Å²) in [7, 11) is 1.25. The fourth-order valence-corrected chi connectivity index (χ4v) is 2.42. The lowest BCUT2D eigenvalue weighted by Gasteiger charge is -2.04. The van der Waals surface area contributed by atoms with Gasteiger partial charge in [-0.05, 0) is 34.1 Å². The molecule has 0 aliphatic rings. The third-order valence-corrected chi connectivity index (χ3v) is 3.52. The van der Waals surface area contributed by atoms with E-state index in [0.29, 0.717) is 11.3 Å². The number of alkyl halides is 3. The summed E-state index contributed by atoms with van der Waals surface area (Å²) >= 11 is 3.35. The molecule has 0 aliphatic heterocycles. The molecule has 3 aromatic rings. The van der Waals surface area contributed by atoms with Crippen molar-refractivity contribution in [1.82, 2.24) is 19.7 Å². The Bertz CT molecular complexity index is 788. The van der Waals surface area contributed by atoms with Crippen LogP contribution in [0.25, 0.3) is 22.6 Å². The summed E-state index contributed by atoms with van der Waals surface area (Å²) in [6, 6.07) is 6.40. The molecule has 20 heavy (non-hydrogen) atoms. The van der Waals surface area contributed by atoms with E-state index in [1.165, 1.54) is 7.05 Å². The molecule has 0 saturated heterocycles. The van der Waals surface area contributed by atoms with E-state index in [9.17, 15) is 13.2 Å². The van der Waals surface area contributed by atoms with E-state index >= 15 is 0 Å². The van der Waals surface area contributed by atoms with Crippen LogP contribution in [-0.4, -0.2) is 19.7 Å². The minimum absolute atomic E-state index is 0.155. The largest absolute Gasteiger partial charge is 0.433 e. The Labute approximate surface area is 119 Å². The molecule has 1 N–H and O–H groups in total. The van der Waals surface area contributed by atoms with E-state index in [1.54, 1.807) is 6.07 Å². The first-order chi connectivity index (χ1) is 9.36. The molecule has 8 heteroatoms. The van der Waals surface area contributed by atoms with E-state index < -0.39 is 11.9 Å². The van der Waals surface area contributed by atoms with Crippen molar-refractivity contribution in [3.8, 4) is 11.5 Å². The van der Waals surface area contributed by atoms with Crippen LogP contribution in [0.3, 0.4) is 0 Å². The van der Waals surface area contributed by atoms with Crippen molar-refractivity contribution in [2.24, 2.45) is 7.05 Å². The zero-order valence-corrected chi connectivity index (χ0v) is 11.7. The van der Waals surface area contributed by atoms with Crippen LogP contribution >= 0.6 is 15.9 Å². The highest BCUT2D eigenvalue weighted by atomic mass is 79.9. The lowest BCUT2D eigenvalue weighted by Crippen LogP contribution is -2.11. The minimum atomic E-state index is -4.44. The first kappa shape index (κ1) is 13.2. The maximum absolute atomic E-state index is 12.7. The van der Waals surface area contributed by atoms with Crippen LogP contribution in [0.2, 0.25) is 0 Å². The summed E-state index contributed by atoms with van der Waals surface area (Å²) in [5, 5.41) is 3.86. The highest BCUT2D eigenvalue weighted by molar-refractivity contribution is 9.10. The van der Waals surface area contributed by atoms with Gasteiger partial charge in [0.25, 0.3) is 0 Å². The number of para-hydroxylation sites is 1. The van der Waals surface area contributed by atoms with Crippen LogP contribution in [0.5, 0.6) is 0 Å². The minimum Gasteiger partial charge on any atom is -0.337 e. The second kappa shape index (κ2) is 4.34. The number of aromatic amines is 1. The predicted octanol–water partition coefficient (Wildman–Crippen LogP) is 3.74. The van der Waals surface area contributed by atoms with E-state index in [-0.39, 0.29) is 5.69 Å². The summed E-state index contributed by atoms with van der Waals surface area (Å²) in [6.07, 6.45) is -4.44. The van der Waals surface area contributed by atoms with Gasteiger partial charge in [0.15, 0.2) is 5.82 Å². The summed E-state index contributed by atoms with van der Waals surface area (Å²) in [5.74, 6) is 0.304. The molecule has 3 rings (SSSR count). The van der Waals surface area contributed by atoms with Crippen LogP contribution in [-0.2, 0) is 13.2 Å². The molecule has 0 atom stereocenters. The maximum atomic E-state index is 12.7. The topological polar surface area (TPSA) is 46.5 Å². The average Bonchev–Trinajstić information content (AvgIpc) is 2.92. The Balaban J connectivity index is 2.14. The van der Waals surface area contributed by atoms with Crippen molar-refractivity contribution >= 4 is 27.0 Å². The monoisotopic (exact) mass is 344 g/mol. The number of hydrogen-bond donors (Lipinski definition) is 1. The van der Waals surface area contributed by atoms with Gasteiger partial charge in [-0.2, -0.15) is 18.3 Å². The summed E-state index contributed by atoms with van der Waals surface area (Å²) in [6.45, 7) is 0. The number of halogens is 4. The Morgan fingerprint density at radius 1 is 1.30 bits per heavy atom. The number of H-pyrrole nitrogens is 1. The van der Waals surface area contributed by atoms with Gasteiger partial charge in [-0.1, -0.05) is 6.07 Å². The second-order valence-electron chi connectivity index (χ2n) is 4.26. The average molecular weight is 345 g/mol. The summed E-state index contributed by atoms with van der Waals surface area (Å²) in [5.41, 5.74) is 0.727. The van der Waals surface area contributed by atoms with Gasteiger partial charge in [-0.15, -0.1) is 0 Å². The van der Waals surface area contributed by atoms with Crippen LogP contribution in [0.1, 0.15) is 5.69 Å². The third kappa shape index (κ3) is 2.09. The number of rotatable bonds is 1. The molecule has 0 amide bonds. The third-order valence-electron chi connectivity index (χ3n) is 2.88. The van der Waals surface area contributed by atoms with E-state index in [4.69, 9.17) is 0 Å². The van der Waals surface area contributed by atoms with Gasteiger partial charge in [0.1, 0.15) is 16.9 Å². The predicted molar refractivity (Wildman–Crippen MR) is 71.0 cm³/mol. The SMILES string of the molecule is Cn1nc(-c2nc3c(Br)cccc3[nH]2)cc1C(F)(F)F. The fourth-order valence-electron chi connectivity index (χ4n) is 1.97. The Morgan fingerprint density at radius 3 is 2.65 bits per heavy atom. The van der Waals surface area contributed by atoms with Crippen molar-refractivity contribution < 1.29 is 13.2 Å². The molecule has 0 radical (unpaired) electrons. The molecule has 1 aromatic carbocycles. The number of nitrogens with zero attached hydrogens (tertiary/aromatic N) is 3. The lowest BCUT2D eigenvalue weighted by atomic mass is 10.3. The molecule has 104 valence electrons. The molecular formula is C12H8BrF3N4. The molecule has 0 saturated carbocycles. The quantitative estimate of drug-likeness (QED) is 0.730. The first-order valence-electron chi connectivity index (χ1n) is 5.62. The van der Waals surface area contributed by atoms with Crippen molar-refractivity contribution in [2.45, 2.75) is 6.18 Å². The fraction of sp³-hybridized carbons (Fsp3) is 0.167. The number of nitrogens with one attached hydrogen (secondary N) is 1. The van der Waals surface area contributed by atoms with Gasteiger partial charge in [-0.25, -0.2) is 4.98 Å². The van der Waals surface area contributed by atoms with Gasteiger partial charge in [0.05, 0.1) is 5.52 Å².